The van der Waals surface area contributed by atoms with Crippen LogP contribution in [0.4, 0.5) is 17.2 Å². The Morgan fingerprint density at radius 3 is 2.58 bits per heavy atom. The summed E-state index contributed by atoms with van der Waals surface area (Å²) in [7, 11) is 0. The SMILES string of the molecule is O=[N+]([O-])c1ccc2nc(-c3ccc4ccccc4c3)nc(Nc3ccc4c(c3)OCO4)c2c1. The zero-order chi connectivity index (χ0) is 22.4. The predicted molar refractivity (Wildman–Crippen MR) is 125 cm³/mol. The molecule has 8 heteroatoms. The van der Waals surface area contributed by atoms with Gasteiger partial charge in [-0.2, -0.15) is 0 Å². The van der Waals surface area contributed by atoms with Gasteiger partial charge in [0.2, 0.25) is 6.79 Å². The lowest BCUT2D eigenvalue weighted by Gasteiger charge is -2.12. The quantitative estimate of drug-likeness (QED) is 0.279. The zero-order valence-electron chi connectivity index (χ0n) is 17.2. The van der Waals surface area contributed by atoms with E-state index in [2.05, 4.69) is 5.32 Å². The fraction of sp³-hybridized carbons (Fsp3) is 0.0400. The molecule has 8 nitrogen and oxygen atoms in total. The van der Waals surface area contributed by atoms with E-state index in [1.54, 1.807) is 12.1 Å². The van der Waals surface area contributed by atoms with E-state index in [9.17, 15) is 10.1 Å². The van der Waals surface area contributed by atoms with E-state index in [4.69, 9.17) is 19.4 Å². The highest BCUT2D eigenvalue weighted by atomic mass is 16.7. The minimum Gasteiger partial charge on any atom is -0.454 e. The second-order valence-electron chi connectivity index (χ2n) is 7.61. The Kier molecular flexibility index (Phi) is 4.29. The molecule has 1 aliphatic rings. The maximum atomic E-state index is 11.4. The Labute approximate surface area is 187 Å². The predicted octanol–water partition coefficient (Wildman–Crippen LogP) is 5.83. The molecule has 0 radical (unpaired) electrons. The Bertz CT molecular complexity index is 1570. The molecule has 1 N–H and O–H groups in total. The first-order valence-electron chi connectivity index (χ1n) is 10.3. The Morgan fingerprint density at radius 1 is 0.848 bits per heavy atom. The monoisotopic (exact) mass is 436 g/mol. The molecule has 0 saturated heterocycles. The second-order valence-corrected chi connectivity index (χ2v) is 7.61. The van der Waals surface area contributed by atoms with Crippen molar-refractivity contribution in [2.75, 3.05) is 12.1 Å². The third-order valence-electron chi connectivity index (χ3n) is 5.53. The average Bonchev–Trinajstić information content (AvgIpc) is 3.31. The first-order valence-corrected chi connectivity index (χ1v) is 10.3. The van der Waals surface area contributed by atoms with Crippen LogP contribution in [-0.2, 0) is 0 Å². The number of nitrogens with one attached hydrogen (secondary N) is 1. The molecule has 0 atom stereocenters. The molecule has 4 aromatic carbocycles. The van der Waals surface area contributed by atoms with Crippen LogP contribution in [0.1, 0.15) is 0 Å². The molecular formula is C25H16N4O4. The third kappa shape index (κ3) is 3.43. The summed E-state index contributed by atoms with van der Waals surface area (Å²) in [5, 5.41) is 17.4. The Balaban J connectivity index is 1.51. The summed E-state index contributed by atoms with van der Waals surface area (Å²) in [6.07, 6.45) is 0. The van der Waals surface area contributed by atoms with Gasteiger partial charge in [-0.3, -0.25) is 10.1 Å². The summed E-state index contributed by atoms with van der Waals surface area (Å²) in [6.45, 7) is 0.174. The number of nitro benzene ring substituents is 1. The molecule has 1 aromatic heterocycles. The molecule has 1 aliphatic heterocycles. The van der Waals surface area contributed by atoms with Crippen LogP contribution in [0.15, 0.2) is 78.9 Å². The van der Waals surface area contributed by atoms with Crippen LogP contribution in [0.2, 0.25) is 0 Å². The van der Waals surface area contributed by atoms with Gasteiger partial charge in [0.1, 0.15) is 5.82 Å². The Hall–Kier alpha value is -4.72. The minimum atomic E-state index is -0.430. The molecule has 0 unspecified atom stereocenters. The van der Waals surface area contributed by atoms with E-state index in [0.717, 1.165) is 22.0 Å². The number of ether oxygens (including phenoxy) is 2. The first-order chi connectivity index (χ1) is 16.1. The summed E-state index contributed by atoms with van der Waals surface area (Å²) >= 11 is 0. The highest BCUT2D eigenvalue weighted by Gasteiger charge is 2.17. The maximum absolute atomic E-state index is 11.4. The number of benzene rings is 4. The summed E-state index contributed by atoms with van der Waals surface area (Å²) in [4.78, 5) is 20.4. The van der Waals surface area contributed by atoms with Crippen LogP contribution in [0.25, 0.3) is 33.1 Å². The highest BCUT2D eigenvalue weighted by Crippen LogP contribution is 2.36. The van der Waals surface area contributed by atoms with Gasteiger partial charge < -0.3 is 14.8 Å². The van der Waals surface area contributed by atoms with Gasteiger partial charge in [-0.05, 0) is 35.0 Å². The van der Waals surface area contributed by atoms with Gasteiger partial charge in [-0.15, -0.1) is 0 Å². The molecule has 33 heavy (non-hydrogen) atoms. The van der Waals surface area contributed by atoms with Crippen molar-refractivity contribution < 1.29 is 14.4 Å². The summed E-state index contributed by atoms with van der Waals surface area (Å²) < 4.78 is 10.8. The number of nitrogens with zero attached hydrogens (tertiary/aromatic N) is 3. The number of anilines is 2. The average molecular weight is 436 g/mol. The molecule has 0 aliphatic carbocycles. The number of nitro groups is 1. The van der Waals surface area contributed by atoms with Gasteiger partial charge >= 0.3 is 0 Å². The molecule has 6 rings (SSSR count). The lowest BCUT2D eigenvalue weighted by molar-refractivity contribution is -0.384. The van der Waals surface area contributed by atoms with E-state index in [0.29, 0.717) is 34.0 Å². The highest BCUT2D eigenvalue weighted by molar-refractivity contribution is 5.94. The third-order valence-corrected chi connectivity index (χ3v) is 5.53. The minimum absolute atomic E-state index is 0.0294. The van der Waals surface area contributed by atoms with E-state index >= 15 is 0 Å². The van der Waals surface area contributed by atoms with Gasteiger partial charge in [-0.25, -0.2) is 9.97 Å². The van der Waals surface area contributed by atoms with Crippen molar-refractivity contribution in [1.29, 1.82) is 0 Å². The molecule has 0 spiro atoms. The van der Waals surface area contributed by atoms with E-state index in [1.807, 2.05) is 54.6 Å². The standard InChI is InChI=1S/C25H16N4O4/c30-29(31)19-8-9-21-20(13-19)25(26-18-7-10-22-23(12-18)33-14-32-22)28-24(27-21)17-6-5-15-3-1-2-4-16(15)11-17/h1-13H,14H2,(H,26,27,28). The van der Waals surface area contributed by atoms with Crippen molar-refractivity contribution in [3.05, 3.63) is 89.0 Å². The summed E-state index contributed by atoms with van der Waals surface area (Å²) in [6, 6.07) is 24.1. The smallest absolute Gasteiger partial charge is 0.270 e. The van der Waals surface area contributed by atoms with Crippen LogP contribution >= 0.6 is 0 Å². The number of non-ortho nitro benzene ring substituents is 1. The molecule has 0 fully saturated rings. The zero-order valence-corrected chi connectivity index (χ0v) is 17.2. The van der Waals surface area contributed by atoms with Gasteiger partial charge in [0.05, 0.1) is 10.4 Å². The van der Waals surface area contributed by atoms with Crippen molar-refractivity contribution in [2.45, 2.75) is 0 Å². The molecule has 0 saturated carbocycles. The molecule has 160 valence electrons. The maximum Gasteiger partial charge on any atom is 0.270 e. The summed E-state index contributed by atoms with van der Waals surface area (Å²) in [5.74, 6) is 2.27. The molecular weight excluding hydrogens is 420 g/mol. The van der Waals surface area contributed by atoms with Crippen LogP contribution in [0.3, 0.4) is 0 Å². The number of fused-ring (bicyclic) bond motifs is 3. The number of rotatable bonds is 4. The van der Waals surface area contributed by atoms with E-state index in [-0.39, 0.29) is 12.5 Å². The van der Waals surface area contributed by atoms with Crippen molar-refractivity contribution in [2.24, 2.45) is 0 Å². The molecule has 5 aromatic rings. The van der Waals surface area contributed by atoms with Crippen molar-refractivity contribution >= 4 is 38.9 Å². The molecule has 0 bridgehead atoms. The molecule has 0 amide bonds. The van der Waals surface area contributed by atoms with Gasteiger partial charge in [-0.1, -0.05) is 36.4 Å². The number of hydrogen-bond acceptors (Lipinski definition) is 7. The lowest BCUT2D eigenvalue weighted by atomic mass is 10.1. The normalized spacial score (nSPS) is 12.2. The van der Waals surface area contributed by atoms with Gasteiger partial charge in [0, 0.05) is 34.8 Å². The van der Waals surface area contributed by atoms with E-state index < -0.39 is 4.92 Å². The van der Waals surface area contributed by atoms with Gasteiger partial charge in [0.15, 0.2) is 17.3 Å². The van der Waals surface area contributed by atoms with E-state index in [1.165, 1.54) is 12.1 Å². The van der Waals surface area contributed by atoms with Crippen molar-refractivity contribution in [3.63, 3.8) is 0 Å². The van der Waals surface area contributed by atoms with Crippen molar-refractivity contribution in [1.82, 2.24) is 9.97 Å². The summed E-state index contributed by atoms with van der Waals surface area (Å²) in [5.41, 5.74) is 2.14. The van der Waals surface area contributed by atoms with Crippen molar-refractivity contribution in [3.8, 4) is 22.9 Å². The Morgan fingerprint density at radius 2 is 1.70 bits per heavy atom. The second kappa shape index (κ2) is 7.45. The number of hydrogen-bond donors (Lipinski definition) is 1. The fourth-order valence-corrected chi connectivity index (χ4v) is 3.89. The van der Waals surface area contributed by atoms with Crippen LogP contribution < -0.4 is 14.8 Å². The number of aromatic nitrogens is 2. The van der Waals surface area contributed by atoms with Crippen LogP contribution in [-0.4, -0.2) is 21.7 Å². The van der Waals surface area contributed by atoms with Gasteiger partial charge in [0.25, 0.3) is 5.69 Å². The van der Waals surface area contributed by atoms with Crippen LogP contribution in [0.5, 0.6) is 11.5 Å². The largest absolute Gasteiger partial charge is 0.454 e. The topological polar surface area (TPSA) is 99.4 Å². The first kappa shape index (κ1) is 19.0. The fourth-order valence-electron chi connectivity index (χ4n) is 3.89. The van der Waals surface area contributed by atoms with Crippen LogP contribution in [0, 0.1) is 10.1 Å². The lowest BCUT2D eigenvalue weighted by Crippen LogP contribution is -2.00. The molecule has 2 heterocycles.